The van der Waals surface area contributed by atoms with Crippen LogP contribution in [0.3, 0.4) is 0 Å². The minimum atomic E-state index is -0.972. The minimum absolute atomic E-state index is 0.0175. The summed E-state index contributed by atoms with van der Waals surface area (Å²) in [6.07, 6.45) is 0. The van der Waals surface area contributed by atoms with Gasteiger partial charge in [-0.3, -0.25) is 0 Å². The number of benzene rings is 2. The Kier molecular flexibility index (Phi) is 4.21. The first-order valence-electron chi connectivity index (χ1n) is 5.44. The third-order valence-corrected chi connectivity index (χ3v) is 3.97. The van der Waals surface area contributed by atoms with E-state index in [9.17, 15) is 13.2 Å². The average Bonchev–Trinajstić information content (AvgIpc) is 2.36. The van der Waals surface area contributed by atoms with Gasteiger partial charge in [0, 0.05) is 10.0 Å². The van der Waals surface area contributed by atoms with Crippen molar-refractivity contribution in [3.8, 4) is 0 Å². The molecular formula is C14H9BrClF3. The van der Waals surface area contributed by atoms with E-state index in [1.54, 1.807) is 0 Å². The molecule has 19 heavy (non-hydrogen) atoms. The molecule has 0 aliphatic heterocycles. The fourth-order valence-corrected chi connectivity index (χ4v) is 2.69. The molecule has 0 fully saturated rings. The van der Waals surface area contributed by atoms with Gasteiger partial charge in [0.25, 0.3) is 0 Å². The van der Waals surface area contributed by atoms with Crippen LogP contribution in [0.4, 0.5) is 13.2 Å². The summed E-state index contributed by atoms with van der Waals surface area (Å²) in [5.41, 5.74) is 0.531. The van der Waals surface area contributed by atoms with E-state index < -0.39 is 22.8 Å². The van der Waals surface area contributed by atoms with Crippen molar-refractivity contribution in [2.24, 2.45) is 0 Å². The molecule has 0 aliphatic carbocycles. The zero-order valence-corrected chi connectivity index (χ0v) is 12.2. The van der Waals surface area contributed by atoms with Crippen LogP contribution in [0.2, 0.25) is 0 Å². The second-order valence-corrected chi connectivity index (χ2v) is 5.44. The van der Waals surface area contributed by atoms with Crippen molar-refractivity contribution in [2.45, 2.75) is 12.3 Å². The first-order valence-corrected chi connectivity index (χ1v) is 6.67. The van der Waals surface area contributed by atoms with Crippen LogP contribution < -0.4 is 0 Å². The Morgan fingerprint density at radius 3 is 2.37 bits per heavy atom. The van der Waals surface area contributed by atoms with Gasteiger partial charge in [0.15, 0.2) is 0 Å². The van der Waals surface area contributed by atoms with Gasteiger partial charge in [-0.05, 0) is 48.4 Å². The second-order valence-electron chi connectivity index (χ2n) is 4.15. The number of halogens is 5. The third-order valence-electron chi connectivity index (χ3n) is 2.78. The summed E-state index contributed by atoms with van der Waals surface area (Å²) in [4.78, 5) is 0. The second kappa shape index (κ2) is 5.55. The van der Waals surface area contributed by atoms with E-state index >= 15 is 0 Å². The number of aryl methyl sites for hydroxylation is 1. The molecule has 2 aromatic carbocycles. The lowest BCUT2D eigenvalue weighted by Gasteiger charge is -2.14. The van der Waals surface area contributed by atoms with Crippen LogP contribution in [-0.2, 0) is 0 Å². The van der Waals surface area contributed by atoms with Gasteiger partial charge < -0.3 is 0 Å². The molecule has 2 aromatic rings. The fourth-order valence-electron chi connectivity index (χ4n) is 1.73. The van der Waals surface area contributed by atoms with Crippen LogP contribution >= 0.6 is 27.5 Å². The number of rotatable bonds is 2. The molecule has 100 valence electrons. The average molecular weight is 350 g/mol. The molecule has 5 heteroatoms. The Hall–Kier alpha value is -1.00. The van der Waals surface area contributed by atoms with E-state index in [2.05, 4.69) is 15.9 Å². The highest BCUT2D eigenvalue weighted by Gasteiger charge is 2.20. The summed E-state index contributed by atoms with van der Waals surface area (Å²) in [7, 11) is 0. The van der Waals surface area contributed by atoms with Gasteiger partial charge in [-0.25, -0.2) is 13.2 Å². The molecule has 0 saturated heterocycles. The Labute approximate surface area is 122 Å². The lowest BCUT2D eigenvalue weighted by molar-refractivity contribution is 0.579. The number of hydrogen-bond donors (Lipinski definition) is 0. The third kappa shape index (κ3) is 2.95. The van der Waals surface area contributed by atoms with Crippen LogP contribution in [0, 0.1) is 24.4 Å². The molecule has 0 bridgehead atoms. The fraction of sp³-hybridized carbons (Fsp3) is 0.143. The zero-order chi connectivity index (χ0) is 14.2. The van der Waals surface area contributed by atoms with E-state index in [1.165, 1.54) is 25.1 Å². The van der Waals surface area contributed by atoms with Crippen molar-refractivity contribution in [3.63, 3.8) is 0 Å². The van der Waals surface area contributed by atoms with Crippen LogP contribution in [-0.4, -0.2) is 0 Å². The van der Waals surface area contributed by atoms with E-state index in [4.69, 9.17) is 11.6 Å². The Morgan fingerprint density at radius 2 is 1.68 bits per heavy atom. The molecule has 1 unspecified atom stereocenters. The highest BCUT2D eigenvalue weighted by Crippen LogP contribution is 2.36. The predicted octanol–water partition coefficient (Wildman–Crippen LogP) is 5.50. The molecule has 0 radical (unpaired) electrons. The van der Waals surface area contributed by atoms with Crippen molar-refractivity contribution in [3.05, 3.63) is 68.9 Å². The van der Waals surface area contributed by atoms with Gasteiger partial charge in [-0.2, -0.15) is 0 Å². The summed E-state index contributed by atoms with van der Waals surface area (Å²) < 4.78 is 41.1. The van der Waals surface area contributed by atoms with Gasteiger partial charge in [-0.15, -0.1) is 11.6 Å². The van der Waals surface area contributed by atoms with E-state index in [1.807, 2.05) is 0 Å². The topological polar surface area (TPSA) is 0 Å². The van der Waals surface area contributed by atoms with Crippen molar-refractivity contribution < 1.29 is 13.2 Å². The first-order chi connectivity index (χ1) is 8.90. The van der Waals surface area contributed by atoms with Crippen LogP contribution in [0.5, 0.6) is 0 Å². The van der Waals surface area contributed by atoms with Crippen molar-refractivity contribution >= 4 is 27.5 Å². The molecule has 0 amide bonds. The number of hydrogen-bond acceptors (Lipinski definition) is 0. The van der Waals surface area contributed by atoms with Crippen LogP contribution in [0.15, 0.2) is 34.8 Å². The van der Waals surface area contributed by atoms with Crippen LogP contribution in [0.25, 0.3) is 0 Å². The SMILES string of the molecule is Cc1cc(F)c(C(Cl)c2cc(F)ccc2Br)cc1F. The largest absolute Gasteiger partial charge is 0.207 e. The monoisotopic (exact) mass is 348 g/mol. The molecule has 0 spiro atoms. The molecule has 1 atom stereocenters. The maximum atomic E-state index is 13.8. The molecule has 0 nitrogen and oxygen atoms in total. The summed E-state index contributed by atoms with van der Waals surface area (Å²) in [5.74, 6) is -1.65. The summed E-state index contributed by atoms with van der Waals surface area (Å²) in [6, 6.07) is 6.04. The highest BCUT2D eigenvalue weighted by atomic mass is 79.9. The van der Waals surface area contributed by atoms with E-state index in [0.29, 0.717) is 10.0 Å². The van der Waals surface area contributed by atoms with Crippen LogP contribution in [0.1, 0.15) is 22.1 Å². The minimum Gasteiger partial charge on any atom is -0.207 e. The summed E-state index contributed by atoms with van der Waals surface area (Å²) >= 11 is 9.35. The maximum Gasteiger partial charge on any atom is 0.128 e. The standard InChI is InChI=1S/C14H9BrClF3/c1-7-4-13(19)10(6-12(7)18)14(16)9-5-8(17)2-3-11(9)15/h2-6,14H,1H3. The zero-order valence-electron chi connectivity index (χ0n) is 9.85. The highest BCUT2D eigenvalue weighted by molar-refractivity contribution is 9.10. The van der Waals surface area contributed by atoms with Crippen molar-refractivity contribution in [2.75, 3.05) is 0 Å². The van der Waals surface area contributed by atoms with Crippen molar-refractivity contribution in [1.29, 1.82) is 0 Å². The first kappa shape index (κ1) is 14.4. The van der Waals surface area contributed by atoms with Crippen molar-refractivity contribution in [1.82, 2.24) is 0 Å². The number of alkyl halides is 1. The lowest BCUT2D eigenvalue weighted by atomic mass is 10.0. The van der Waals surface area contributed by atoms with Gasteiger partial charge >= 0.3 is 0 Å². The molecular weight excluding hydrogens is 341 g/mol. The molecule has 0 aliphatic rings. The summed E-state index contributed by atoms with van der Waals surface area (Å²) in [6.45, 7) is 1.46. The molecule has 0 N–H and O–H groups in total. The Balaban J connectivity index is 2.52. The van der Waals surface area contributed by atoms with Gasteiger partial charge in [0.1, 0.15) is 17.5 Å². The Morgan fingerprint density at radius 1 is 1.00 bits per heavy atom. The summed E-state index contributed by atoms with van der Waals surface area (Å²) in [5, 5.41) is -0.972. The molecule has 2 rings (SSSR count). The van der Waals surface area contributed by atoms with Gasteiger partial charge in [-0.1, -0.05) is 15.9 Å². The van der Waals surface area contributed by atoms with Gasteiger partial charge in [0.05, 0.1) is 5.38 Å². The van der Waals surface area contributed by atoms with E-state index in [-0.39, 0.29) is 11.1 Å². The van der Waals surface area contributed by atoms with Gasteiger partial charge in [0.2, 0.25) is 0 Å². The smallest absolute Gasteiger partial charge is 0.128 e. The van der Waals surface area contributed by atoms with E-state index in [0.717, 1.165) is 12.1 Å². The molecule has 0 heterocycles. The molecule has 0 aromatic heterocycles. The predicted molar refractivity (Wildman–Crippen MR) is 72.9 cm³/mol. The maximum absolute atomic E-state index is 13.8. The molecule has 0 saturated carbocycles. The normalized spacial score (nSPS) is 12.5. The Bertz CT molecular complexity index is 628. The quantitative estimate of drug-likeness (QED) is 0.628. The lowest BCUT2D eigenvalue weighted by Crippen LogP contribution is -2.01.